The Morgan fingerprint density at radius 2 is 1.78 bits per heavy atom. The number of anilines is 1. The minimum atomic E-state index is -2.65. The number of nitrogens with two attached hydrogens (primary N) is 1. The Kier molecular flexibility index (Phi) is 8.28. The minimum absolute atomic E-state index is 0.0244. The van der Waals surface area contributed by atoms with Gasteiger partial charge in [0.15, 0.2) is 11.4 Å². The lowest BCUT2D eigenvalue weighted by atomic mass is 9.58. The minimum Gasteiger partial charge on any atom is -0.510 e. The Balaban J connectivity index is 1.86. The summed E-state index contributed by atoms with van der Waals surface area (Å²) in [7, 11) is 6.90. The largest absolute Gasteiger partial charge is 0.510 e. The molecule has 0 bridgehead atoms. The van der Waals surface area contributed by atoms with Gasteiger partial charge in [-0.15, -0.1) is 0 Å². The lowest BCUT2D eigenvalue weighted by molar-refractivity contribution is -0.148. The van der Waals surface area contributed by atoms with Crippen molar-refractivity contribution in [2.75, 3.05) is 39.6 Å². The fraction of sp³-hybridized carbons (Fsp3) is 0.567. The third-order valence-electron chi connectivity index (χ3n) is 9.16. The molecule has 41 heavy (non-hydrogen) atoms. The highest BCUT2D eigenvalue weighted by molar-refractivity contribution is 6.24. The molecule has 4 rings (SSSR count). The van der Waals surface area contributed by atoms with Gasteiger partial charge in [-0.2, -0.15) is 0 Å². The second-order valence-electron chi connectivity index (χ2n) is 11.9. The number of fused-ring (bicyclic) bond motifs is 3. The molecule has 0 unspecified atom stereocenters. The maximum absolute atomic E-state index is 14.1. The average molecular weight is 571 g/mol. The number of carbonyl (C=O) groups is 3. The molecule has 0 radical (unpaired) electrons. The predicted octanol–water partition coefficient (Wildman–Crippen LogP) is 1.71. The fourth-order valence-electron chi connectivity index (χ4n) is 6.88. The van der Waals surface area contributed by atoms with Crippen LogP contribution in [0.4, 0.5) is 5.69 Å². The quantitative estimate of drug-likeness (QED) is 0.240. The summed E-state index contributed by atoms with van der Waals surface area (Å²) in [5, 5.41) is 48.9. The number of aliphatic hydroxyl groups excluding tert-OH is 2. The number of aromatic hydroxyl groups is 1. The van der Waals surface area contributed by atoms with Crippen LogP contribution in [0.15, 0.2) is 28.7 Å². The number of phenolic OH excluding ortho intramolecular Hbond substituents is 1. The first-order valence-corrected chi connectivity index (χ1v) is 14.1. The Hall–Kier alpha value is -3.41. The SMILES string of the molecule is CCC(CC)CNCc1cc(N(C)C)c2c(c1O)C(=O)C1=C(O)[C@]3(O)C(=O)C(C(N)=O)=C(O)[C@H](N(C)C)[C@@H]3C[C@@H]1C2. The number of likely N-dealkylation sites (N-methyl/N-ethyl adjacent to an activating group) is 1. The molecule has 0 fully saturated rings. The summed E-state index contributed by atoms with van der Waals surface area (Å²) in [4.78, 5) is 43.1. The van der Waals surface area contributed by atoms with Crippen molar-refractivity contribution in [3.63, 3.8) is 0 Å². The molecule has 0 aromatic heterocycles. The van der Waals surface area contributed by atoms with Crippen molar-refractivity contribution in [3.05, 3.63) is 45.4 Å². The van der Waals surface area contributed by atoms with Gasteiger partial charge in [0.2, 0.25) is 5.78 Å². The molecule has 0 saturated heterocycles. The zero-order chi connectivity index (χ0) is 30.5. The Labute approximate surface area is 240 Å². The number of benzene rings is 1. The van der Waals surface area contributed by atoms with E-state index in [9.17, 15) is 34.8 Å². The molecule has 1 aromatic carbocycles. The maximum atomic E-state index is 14.1. The summed E-state index contributed by atoms with van der Waals surface area (Å²) in [5.74, 6) is -6.03. The highest BCUT2D eigenvalue weighted by atomic mass is 16.3. The first-order valence-electron chi connectivity index (χ1n) is 14.1. The van der Waals surface area contributed by atoms with Crippen LogP contribution in [0.25, 0.3) is 0 Å². The average Bonchev–Trinajstić information content (AvgIpc) is 2.89. The van der Waals surface area contributed by atoms with Crippen molar-refractivity contribution < 1.29 is 34.8 Å². The van der Waals surface area contributed by atoms with Crippen LogP contribution in [-0.2, 0) is 22.6 Å². The standard InChI is InChI=1S/C30H42N4O7/c1-7-14(8-2)12-32-13-16-11-19(33(3)4)17-9-15-10-18-23(34(5)6)26(37)22(29(31)40)28(39)30(18,41)27(38)20(15)25(36)21(17)24(16)35/h11,14-15,18,23,32,35,37-38,41H,7-10,12-13H2,1-6H3,(H2,31,40)/t15-,18-,23+,30-/m0/s1. The number of phenols is 1. The molecule has 0 heterocycles. The van der Waals surface area contributed by atoms with Gasteiger partial charge >= 0.3 is 0 Å². The number of aliphatic hydroxyl groups is 3. The third kappa shape index (κ3) is 4.69. The molecule has 11 nitrogen and oxygen atoms in total. The van der Waals surface area contributed by atoms with E-state index in [4.69, 9.17) is 5.73 Å². The number of rotatable bonds is 9. The fourth-order valence-corrected chi connectivity index (χ4v) is 6.88. The van der Waals surface area contributed by atoms with Gasteiger partial charge in [-0.25, -0.2) is 0 Å². The van der Waals surface area contributed by atoms with E-state index in [1.165, 1.54) is 4.90 Å². The summed E-state index contributed by atoms with van der Waals surface area (Å²) in [6.07, 6.45) is 2.32. The Morgan fingerprint density at radius 1 is 1.15 bits per heavy atom. The lowest BCUT2D eigenvalue weighted by Gasteiger charge is -2.50. The highest BCUT2D eigenvalue weighted by Crippen LogP contribution is 2.53. The molecule has 3 aliphatic rings. The molecule has 7 N–H and O–H groups in total. The van der Waals surface area contributed by atoms with Crippen molar-refractivity contribution >= 4 is 23.2 Å². The molecule has 0 saturated carbocycles. The van der Waals surface area contributed by atoms with E-state index >= 15 is 0 Å². The first-order chi connectivity index (χ1) is 19.2. The van der Waals surface area contributed by atoms with Crippen LogP contribution in [0.5, 0.6) is 5.75 Å². The summed E-state index contributed by atoms with van der Waals surface area (Å²) in [6, 6.07) is 0.834. The van der Waals surface area contributed by atoms with Crippen LogP contribution < -0.4 is 16.0 Å². The number of nitrogens with one attached hydrogen (secondary N) is 1. The van der Waals surface area contributed by atoms with E-state index in [1.54, 1.807) is 14.1 Å². The zero-order valence-electron chi connectivity index (χ0n) is 24.6. The van der Waals surface area contributed by atoms with Gasteiger partial charge in [0.05, 0.1) is 11.6 Å². The molecule has 3 aliphatic carbocycles. The van der Waals surface area contributed by atoms with Gasteiger partial charge < -0.3 is 36.4 Å². The zero-order valence-corrected chi connectivity index (χ0v) is 24.6. The van der Waals surface area contributed by atoms with Crippen LogP contribution >= 0.6 is 0 Å². The number of ketones is 2. The number of hydrogen-bond donors (Lipinski definition) is 6. The number of carbonyl (C=O) groups excluding carboxylic acids is 3. The second-order valence-corrected chi connectivity index (χ2v) is 11.9. The molecule has 1 aromatic rings. The Bertz CT molecular complexity index is 1340. The topological polar surface area (TPSA) is 177 Å². The van der Waals surface area contributed by atoms with E-state index in [0.717, 1.165) is 25.1 Å². The van der Waals surface area contributed by atoms with Crippen LogP contribution in [0.3, 0.4) is 0 Å². The van der Waals surface area contributed by atoms with Crippen molar-refractivity contribution in [2.45, 2.75) is 57.7 Å². The van der Waals surface area contributed by atoms with Crippen molar-refractivity contribution in [3.8, 4) is 5.75 Å². The monoisotopic (exact) mass is 570 g/mol. The molecule has 4 atom stereocenters. The van der Waals surface area contributed by atoms with E-state index in [1.807, 2.05) is 25.1 Å². The van der Waals surface area contributed by atoms with Crippen LogP contribution in [-0.4, -0.2) is 89.2 Å². The van der Waals surface area contributed by atoms with Gasteiger partial charge in [-0.05, 0) is 56.9 Å². The number of hydrogen-bond acceptors (Lipinski definition) is 10. The number of amides is 1. The summed E-state index contributed by atoms with van der Waals surface area (Å²) in [5.41, 5.74) is 3.66. The molecule has 0 spiro atoms. The number of Topliss-reactive ketones (excluding diaryl/α,β-unsaturated/α-hetero) is 2. The number of allylic oxidation sites excluding steroid dienone is 1. The molecule has 1 amide bonds. The van der Waals surface area contributed by atoms with Gasteiger partial charge in [-0.1, -0.05) is 26.7 Å². The molecule has 11 heteroatoms. The summed E-state index contributed by atoms with van der Waals surface area (Å²) in [6.45, 7) is 5.31. The van der Waals surface area contributed by atoms with Crippen molar-refractivity contribution in [2.24, 2.45) is 23.5 Å². The highest BCUT2D eigenvalue weighted by Gasteiger charge is 2.63. The smallest absolute Gasteiger partial charge is 0.255 e. The second kappa shape index (κ2) is 11.1. The van der Waals surface area contributed by atoms with Gasteiger partial charge in [0, 0.05) is 43.4 Å². The molecule has 224 valence electrons. The van der Waals surface area contributed by atoms with Crippen molar-refractivity contribution in [1.82, 2.24) is 10.2 Å². The molecule has 0 aliphatic heterocycles. The molecular weight excluding hydrogens is 528 g/mol. The first kappa shape index (κ1) is 30.5. The third-order valence-corrected chi connectivity index (χ3v) is 9.16. The number of primary amides is 1. The summed E-state index contributed by atoms with van der Waals surface area (Å²) >= 11 is 0. The Morgan fingerprint density at radius 3 is 2.32 bits per heavy atom. The van der Waals surface area contributed by atoms with Crippen LogP contribution in [0.1, 0.15) is 54.6 Å². The van der Waals surface area contributed by atoms with E-state index in [0.29, 0.717) is 23.6 Å². The van der Waals surface area contributed by atoms with Gasteiger partial charge in [-0.3, -0.25) is 19.3 Å². The van der Waals surface area contributed by atoms with Crippen LogP contribution in [0.2, 0.25) is 0 Å². The lowest BCUT2D eigenvalue weighted by Crippen LogP contribution is -2.63. The molecular formula is C30H42N4O7. The van der Waals surface area contributed by atoms with E-state index in [-0.39, 0.29) is 29.7 Å². The van der Waals surface area contributed by atoms with Gasteiger partial charge in [0.1, 0.15) is 22.8 Å². The number of nitrogens with zero attached hydrogens (tertiary/aromatic N) is 2. The van der Waals surface area contributed by atoms with E-state index in [2.05, 4.69) is 19.2 Å². The maximum Gasteiger partial charge on any atom is 0.255 e. The summed E-state index contributed by atoms with van der Waals surface area (Å²) < 4.78 is 0. The van der Waals surface area contributed by atoms with Gasteiger partial charge in [0.25, 0.3) is 5.91 Å². The predicted molar refractivity (Wildman–Crippen MR) is 154 cm³/mol. The van der Waals surface area contributed by atoms with Crippen molar-refractivity contribution in [1.29, 1.82) is 0 Å². The normalized spacial score (nSPS) is 25.9. The van der Waals surface area contributed by atoms with E-state index < -0.39 is 58.0 Å². The van der Waals surface area contributed by atoms with Crippen LogP contribution in [0, 0.1) is 17.8 Å².